The van der Waals surface area contributed by atoms with Crippen LogP contribution in [0.3, 0.4) is 0 Å². The fraction of sp³-hybridized carbons (Fsp3) is 0.400. The van der Waals surface area contributed by atoms with E-state index in [1.807, 2.05) is 43.3 Å². The fourth-order valence-electron chi connectivity index (χ4n) is 4.26. The lowest BCUT2D eigenvalue weighted by molar-refractivity contribution is 0.265. The van der Waals surface area contributed by atoms with Crippen molar-refractivity contribution in [1.29, 1.82) is 0 Å². The second-order valence-corrected chi connectivity index (χ2v) is 10.5. The number of hydrogen-bond acceptors (Lipinski definition) is 5. The zero-order valence-electron chi connectivity index (χ0n) is 18.9. The Bertz CT molecular complexity index is 1140. The summed E-state index contributed by atoms with van der Waals surface area (Å²) in [5.74, 6) is 1.55. The molecule has 32 heavy (non-hydrogen) atoms. The van der Waals surface area contributed by atoms with Gasteiger partial charge in [0.05, 0.1) is 10.6 Å². The van der Waals surface area contributed by atoms with Gasteiger partial charge in [0.2, 0.25) is 5.89 Å². The van der Waals surface area contributed by atoms with E-state index in [1.54, 1.807) is 12.1 Å². The number of likely N-dealkylation sites (tertiary alicyclic amines) is 1. The number of aryl methyl sites for hydroxylation is 2. The number of benzene rings is 2. The Hall–Kier alpha value is -2.15. The molecular formula is C25H31ClN2O3S. The van der Waals surface area contributed by atoms with E-state index in [1.165, 1.54) is 25.6 Å². The lowest BCUT2D eigenvalue weighted by Crippen LogP contribution is -2.28. The molecule has 7 heteroatoms. The van der Waals surface area contributed by atoms with Crippen LogP contribution < -0.4 is 0 Å². The Balaban J connectivity index is 0.00000289. The maximum atomic E-state index is 11.6. The molecule has 1 aromatic heterocycles. The van der Waals surface area contributed by atoms with Crippen molar-refractivity contribution in [3.05, 3.63) is 60.0 Å². The predicted octanol–water partition coefficient (Wildman–Crippen LogP) is 5.56. The quantitative estimate of drug-likeness (QED) is 0.448. The first-order valence-corrected chi connectivity index (χ1v) is 12.8. The van der Waals surface area contributed by atoms with E-state index in [4.69, 9.17) is 9.40 Å². The third-order valence-electron chi connectivity index (χ3n) is 6.19. The molecule has 0 unspecified atom stereocenters. The second kappa shape index (κ2) is 10.2. The van der Waals surface area contributed by atoms with Crippen LogP contribution in [0.25, 0.3) is 22.6 Å². The molecule has 0 spiro atoms. The van der Waals surface area contributed by atoms with Gasteiger partial charge >= 0.3 is 0 Å². The van der Waals surface area contributed by atoms with E-state index in [0.29, 0.717) is 16.8 Å². The second-order valence-electron chi connectivity index (χ2n) is 8.53. The maximum Gasteiger partial charge on any atom is 0.226 e. The zero-order valence-corrected chi connectivity index (χ0v) is 20.5. The highest BCUT2D eigenvalue weighted by Gasteiger charge is 2.20. The number of aromatic nitrogens is 1. The van der Waals surface area contributed by atoms with Crippen LogP contribution in [0.15, 0.2) is 57.8 Å². The summed E-state index contributed by atoms with van der Waals surface area (Å²) >= 11 is 0. The van der Waals surface area contributed by atoms with Gasteiger partial charge in [0.25, 0.3) is 0 Å². The molecule has 2 aromatic carbocycles. The Morgan fingerprint density at radius 2 is 1.62 bits per heavy atom. The summed E-state index contributed by atoms with van der Waals surface area (Å²) < 4.78 is 29.2. The van der Waals surface area contributed by atoms with Crippen LogP contribution in [0.4, 0.5) is 0 Å². The van der Waals surface area contributed by atoms with Crippen LogP contribution in [-0.2, 0) is 16.3 Å². The topological polar surface area (TPSA) is 63.4 Å². The summed E-state index contributed by atoms with van der Waals surface area (Å²) in [6.45, 7) is 6.64. The summed E-state index contributed by atoms with van der Waals surface area (Å²) in [4.78, 5) is 7.65. The molecule has 0 aliphatic carbocycles. The smallest absolute Gasteiger partial charge is 0.226 e. The predicted molar refractivity (Wildman–Crippen MR) is 131 cm³/mol. The SMILES string of the molecule is Cc1oc(-c2ccc(-c3ccc(S(C)(=O)=O)cc3)cc2)nc1CCCN1CCC[C@H]1C.Cl. The lowest BCUT2D eigenvalue weighted by Gasteiger charge is -2.20. The Labute approximate surface area is 197 Å². The molecule has 1 aliphatic rings. The van der Waals surface area contributed by atoms with Gasteiger partial charge in [0.15, 0.2) is 9.84 Å². The highest BCUT2D eigenvalue weighted by Crippen LogP contribution is 2.27. The van der Waals surface area contributed by atoms with Crippen LogP contribution in [0.1, 0.15) is 37.6 Å². The van der Waals surface area contributed by atoms with Crippen LogP contribution in [0.5, 0.6) is 0 Å². The third kappa shape index (κ3) is 5.61. The van der Waals surface area contributed by atoms with Gasteiger partial charge in [-0.15, -0.1) is 12.4 Å². The average Bonchev–Trinajstić information content (AvgIpc) is 3.33. The number of nitrogens with zero attached hydrogens (tertiary/aromatic N) is 2. The van der Waals surface area contributed by atoms with Gasteiger partial charge in [-0.25, -0.2) is 13.4 Å². The molecule has 5 nitrogen and oxygen atoms in total. The van der Waals surface area contributed by atoms with Crippen LogP contribution >= 0.6 is 12.4 Å². The molecule has 1 saturated heterocycles. The minimum absolute atomic E-state index is 0. The van der Waals surface area contributed by atoms with Crippen molar-refractivity contribution < 1.29 is 12.8 Å². The number of sulfone groups is 1. The molecular weight excluding hydrogens is 444 g/mol. The van der Waals surface area contributed by atoms with E-state index in [2.05, 4.69) is 11.8 Å². The fourth-order valence-corrected chi connectivity index (χ4v) is 4.89. The molecule has 0 amide bonds. The van der Waals surface area contributed by atoms with Gasteiger partial charge in [-0.1, -0.05) is 24.3 Å². The van der Waals surface area contributed by atoms with E-state index in [0.717, 1.165) is 47.5 Å². The Morgan fingerprint density at radius 1 is 1.03 bits per heavy atom. The molecule has 0 radical (unpaired) electrons. The van der Waals surface area contributed by atoms with Crippen molar-refractivity contribution in [2.75, 3.05) is 19.3 Å². The van der Waals surface area contributed by atoms with Crippen LogP contribution in [-0.4, -0.2) is 43.7 Å². The Morgan fingerprint density at radius 3 is 2.19 bits per heavy atom. The summed E-state index contributed by atoms with van der Waals surface area (Å²) in [6.07, 6.45) is 5.87. The van der Waals surface area contributed by atoms with Crippen molar-refractivity contribution in [3.63, 3.8) is 0 Å². The van der Waals surface area contributed by atoms with Gasteiger partial charge in [-0.05, 0) is 88.0 Å². The number of oxazole rings is 1. The van der Waals surface area contributed by atoms with Crippen LogP contribution in [0.2, 0.25) is 0 Å². The summed E-state index contributed by atoms with van der Waals surface area (Å²) in [6, 6.07) is 15.7. The summed E-state index contributed by atoms with van der Waals surface area (Å²) in [7, 11) is -3.18. The van der Waals surface area contributed by atoms with Crippen molar-refractivity contribution in [1.82, 2.24) is 9.88 Å². The monoisotopic (exact) mass is 474 g/mol. The molecule has 1 atom stereocenters. The zero-order chi connectivity index (χ0) is 22.0. The van der Waals surface area contributed by atoms with E-state index >= 15 is 0 Å². The molecule has 3 aromatic rings. The van der Waals surface area contributed by atoms with Gasteiger partial charge in [-0.2, -0.15) is 0 Å². The first kappa shape index (κ1) is 24.5. The standard InChI is InChI=1S/C25H30N2O3S.ClH/c1-18-6-4-16-27(18)17-5-7-24-19(2)30-25(26-24)22-10-8-20(9-11-22)21-12-14-23(15-13-21)31(3,28)29;/h8-15,18H,4-7,16-17H2,1-3H3;1H/t18-;/m1./s1. The minimum atomic E-state index is -3.18. The first-order valence-electron chi connectivity index (χ1n) is 10.9. The summed E-state index contributed by atoms with van der Waals surface area (Å²) in [5, 5.41) is 0. The van der Waals surface area contributed by atoms with Crippen molar-refractivity contribution in [3.8, 4) is 22.6 Å². The van der Waals surface area contributed by atoms with Gasteiger partial charge in [0.1, 0.15) is 5.76 Å². The molecule has 2 heterocycles. The average molecular weight is 475 g/mol. The molecule has 0 bridgehead atoms. The van der Waals surface area contributed by atoms with E-state index in [9.17, 15) is 8.42 Å². The van der Waals surface area contributed by atoms with Gasteiger partial charge in [0, 0.05) is 17.9 Å². The molecule has 172 valence electrons. The largest absolute Gasteiger partial charge is 0.441 e. The maximum absolute atomic E-state index is 11.6. The number of halogens is 1. The molecule has 0 saturated carbocycles. The number of rotatable bonds is 7. The van der Waals surface area contributed by atoms with Gasteiger partial charge < -0.3 is 9.32 Å². The van der Waals surface area contributed by atoms with Crippen LogP contribution in [0, 0.1) is 6.92 Å². The third-order valence-corrected chi connectivity index (χ3v) is 7.32. The molecule has 0 N–H and O–H groups in total. The minimum Gasteiger partial charge on any atom is -0.441 e. The normalized spacial score (nSPS) is 16.8. The van der Waals surface area contributed by atoms with E-state index in [-0.39, 0.29) is 12.4 Å². The van der Waals surface area contributed by atoms with Gasteiger partial charge in [-0.3, -0.25) is 0 Å². The Kier molecular flexibility index (Phi) is 7.80. The molecule has 4 rings (SSSR count). The molecule has 1 fully saturated rings. The van der Waals surface area contributed by atoms with Crippen molar-refractivity contribution >= 4 is 22.2 Å². The first-order chi connectivity index (χ1) is 14.8. The summed E-state index contributed by atoms with van der Waals surface area (Å²) in [5.41, 5.74) is 3.98. The van der Waals surface area contributed by atoms with E-state index < -0.39 is 9.84 Å². The number of hydrogen-bond donors (Lipinski definition) is 0. The van der Waals surface area contributed by atoms with Crippen molar-refractivity contribution in [2.45, 2.75) is 50.5 Å². The lowest BCUT2D eigenvalue weighted by atomic mass is 10.0. The highest BCUT2D eigenvalue weighted by atomic mass is 35.5. The molecule has 1 aliphatic heterocycles. The highest BCUT2D eigenvalue weighted by molar-refractivity contribution is 7.90. The van der Waals surface area contributed by atoms with Crippen molar-refractivity contribution in [2.24, 2.45) is 0 Å².